The lowest BCUT2D eigenvalue weighted by Crippen LogP contribution is -2.02. The first kappa shape index (κ1) is 13.9. The minimum absolute atomic E-state index is 0.342. The molecule has 0 saturated heterocycles. The molecule has 6 heteroatoms. The lowest BCUT2D eigenvalue weighted by Gasteiger charge is -2.05. The molecule has 3 aromatic rings. The van der Waals surface area contributed by atoms with Crippen LogP contribution >= 0.6 is 11.6 Å². The van der Waals surface area contributed by atoms with Crippen molar-refractivity contribution in [3.8, 4) is 11.5 Å². The van der Waals surface area contributed by atoms with Crippen LogP contribution in [0.2, 0.25) is 5.02 Å². The zero-order chi connectivity index (χ0) is 14.8. The molecule has 0 spiro atoms. The highest BCUT2D eigenvalue weighted by atomic mass is 35.5. The van der Waals surface area contributed by atoms with Crippen LogP contribution in [0.1, 0.15) is 5.82 Å². The number of aromatic nitrogens is 2. The number of nitrogens with one attached hydrogen (secondary N) is 1. The van der Waals surface area contributed by atoms with E-state index >= 15 is 0 Å². The molecule has 21 heavy (non-hydrogen) atoms. The molecule has 3 rings (SSSR count). The molecule has 0 radical (unpaired) electrons. The first-order chi connectivity index (χ1) is 10.2. The summed E-state index contributed by atoms with van der Waals surface area (Å²) in [6, 6.07) is 9.25. The number of anilines is 1. The maximum atomic E-state index is 5.99. The number of halogens is 1. The van der Waals surface area contributed by atoms with E-state index in [1.54, 1.807) is 20.2 Å². The maximum absolute atomic E-state index is 5.99. The molecule has 2 heterocycles. The average molecular weight is 304 g/mol. The van der Waals surface area contributed by atoms with Gasteiger partial charge in [-0.3, -0.25) is 0 Å². The smallest absolute Gasteiger partial charge is 0.157 e. The summed E-state index contributed by atoms with van der Waals surface area (Å²) in [7, 11) is 3.42. The highest BCUT2D eigenvalue weighted by molar-refractivity contribution is 6.31. The van der Waals surface area contributed by atoms with Gasteiger partial charge in [-0.1, -0.05) is 11.6 Å². The molecule has 5 nitrogen and oxygen atoms in total. The summed E-state index contributed by atoms with van der Waals surface area (Å²) in [5, 5.41) is 4.62. The number of furan rings is 1. The number of benzene rings is 1. The minimum atomic E-state index is 0.342. The first-order valence-electron chi connectivity index (χ1n) is 6.43. The zero-order valence-corrected chi connectivity index (χ0v) is 12.4. The van der Waals surface area contributed by atoms with E-state index < -0.39 is 0 Å². The molecular formula is C15H14ClN3O2. The highest BCUT2D eigenvalue weighted by Crippen LogP contribution is 2.29. The van der Waals surface area contributed by atoms with E-state index in [4.69, 9.17) is 20.8 Å². The Balaban J connectivity index is 2.10. The topological polar surface area (TPSA) is 60.2 Å². The van der Waals surface area contributed by atoms with Gasteiger partial charge in [-0.25, -0.2) is 9.97 Å². The Labute approximate surface area is 126 Å². The van der Waals surface area contributed by atoms with Crippen LogP contribution in [0.25, 0.3) is 22.4 Å². The van der Waals surface area contributed by atoms with Crippen LogP contribution in [0.4, 0.5) is 5.82 Å². The van der Waals surface area contributed by atoms with Gasteiger partial charge >= 0.3 is 0 Å². The zero-order valence-electron chi connectivity index (χ0n) is 11.7. The van der Waals surface area contributed by atoms with Crippen molar-refractivity contribution in [2.75, 3.05) is 19.5 Å². The van der Waals surface area contributed by atoms with Gasteiger partial charge in [0.05, 0.1) is 0 Å². The average Bonchev–Trinajstić information content (AvgIpc) is 2.90. The Morgan fingerprint density at radius 2 is 2.10 bits per heavy atom. The van der Waals surface area contributed by atoms with Gasteiger partial charge in [-0.15, -0.1) is 0 Å². The van der Waals surface area contributed by atoms with E-state index in [2.05, 4.69) is 15.3 Å². The lowest BCUT2D eigenvalue weighted by atomic mass is 10.2. The molecule has 1 aromatic carbocycles. The summed E-state index contributed by atoms with van der Waals surface area (Å²) < 4.78 is 10.9. The predicted molar refractivity (Wildman–Crippen MR) is 82.5 cm³/mol. The van der Waals surface area contributed by atoms with Crippen LogP contribution in [0.15, 0.2) is 34.7 Å². The number of rotatable bonds is 4. The summed E-state index contributed by atoms with van der Waals surface area (Å²) in [4.78, 5) is 8.78. The summed E-state index contributed by atoms with van der Waals surface area (Å²) >= 11 is 5.99. The molecule has 0 bridgehead atoms. The molecule has 0 amide bonds. The third-order valence-corrected chi connectivity index (χ3v) is 3.27. The van der Waals surface area contributed by atoms with Gasteiger partial charge in [0.25, 0.3) is 0 Å². The van der Waals surface area contributed by atoms with E-state index in [-0.39, 0.29) is 0 Å². The molecule has 0 unspecified atom stereocenters. The van der Waals surface area contributed by atoms with Crippen LogP contribution < -0.4 is 5.32 Å². The molecule has 2 aromatic heterocycles. The largest absolute Gasteiger partial charge is 0.454 e. The van der Waals surface area contributed by atoms with Crippen molar-refractivity contribution in [3.63, 3.8) is 0 Å². The molecule has 1 N–H and O–H groups in total. The Bertz CT molecular complexity index is 786. The van der Waals surface area contributed by atoms with Crippen molar-refractivity contribution in [2.45, 2.75) is 6.61 Å². The molecular weight excluding hydrogens is 290 g/mol. The molecule has 108 valence electrons. The second kappa shape index (κ2) is 5.71. The first-order valence-corrected chi connectivity index (χ1v) is 6.81. The van der Waals surface area contributed by atoms with Crippen molar-refractivity contribution in [3.05, 3.63) is 41.2 Å². The van der Waals surface area contributed by atoms with E-state index in [0.29, 0.717) is 34.7 Å². The monoisotopic (exact) mass is 303 g/mol. The molecule has 0 aliphatic rings. The number of hydrogen-bond donors (Lipinski definition) is 1. The minimum Gasteiger partial charge on any atom is -0.454 e. The van der Waals surface area contributed by atoms with Crippen LogP contribution in [0.3, 0.4) is 0 Å². The fraction of sp³-hybridized carbons (Fsp3) is 0.200. The highest BCUT2D eigenvalue weighted by Gasteiger charge is 2.11. The van der Waals surface area contributed by atoms with Crippen molar-refractivity contribution >= 4 is 28.4 Å². The van der Waals surface area contributed by atoms with E-state index in [1.165, 1.54) is 0 Å². The Morgan fingerprint density at radius 1 is 1.24 bits per heavy atom. The second-order valence-electron chi connectivity index (χ2n) is 4.53. The van der Waals surface area contributed by atoms with Crippen LogP contribution in [-0.4, -0.2) is 24.1 Å². The predicted octanol–water partition coefficient (Wildman–Crippen LogP) is 3.73. The molecule has 0 atom stereocenters. The van der Waals surface area contributed by atoms with Crippen LogP contribution in [-0.2, 0) is 11.3 Å². The number of methoxy groups -OCH3 is 1. The van der Waals surface area contributed by atoms with Gasteiger partial charge in [-0.2, -0.15) is 0 Å². The summed E-state index contributed by atoms with van der Waals surface area (Å²) in [5.41, 5.74) is 1.47. The van der Waals surface area contributed by atoms with Gasteiger partial charge in [0.15, 0.2) is 11.6 Å². The summed E-state index contributed by atoms with van der Waals surface area (Å²) in [5.74, 6) is 1.98. The summed E-state index contributed by atoms with van der Waals surface area (Å²) in [6.07, 6.45) is 0. The number of fused-ring (bicyclic) bond motifs is 1. The van der Waals surface area contributed by atoms with E-state index in [9.17, 15) is 0 Å². The van der Waals surface area contributed by atoms with Gasteiger partial charge in [0.2, 0.25) is 0 Å². The fourth-order valence-corrected chi connectivity index (χ4v) is 2.27. The Hall–Kier alpha value is -2.11. The standard InChI is InChI=1S/C15H14ClN3O2/c1-17-14-7-11(18-15(19-14)8-20-2)13-6-9-5-10(16)3-4-12(9)21-13/h3-7H,8H2,1-2H3,(H,17,18,19). The Kier molecular flexibility index (Phi) is 3.77. The van der Waals surface area contributed by atoms with E-state index in [1.807, 2.05) is 24.3 Å². The number of hydrogen-bond acceptors (Lipinski definition) is 5. The summed E-state index contributed by atoms with van der Waals surface area (Å²) in [6.45, 7) is 0.342. The van der Waals surface area contributed by atoms with Gasteiger partial charge < -0.3 is 14.5 Å². The molecule has 0 fully saturated rings. The molecule has 0 saturated carbocycles. The number of ether oxygens (including phenoxy) is 1. The quantitative estimate of drug-likeness (QED) is 0.795. The number of nitrogens with zero attached hydrogens (tertiary/aromatic N) is 2. The SMILES string of the molecule is CNc1cc(-c2cc3cc(Cl)ccc3o2)nc(COC)n1. The van der Waals surface area contributed by atoms with Gasteiger partial charge in [0, 0.05) is 30.6 Å². The maximum Gasteiger partial charge on any atom is 0.157 e. The molecule has 0 aliphatic heterocycles. The van der Waals surface area contributed by atoms with Crippen molar-refractivity contribution in [2.24, 2.45) is 0 Å². The van der Waals surface area contributed by atoms with Crippen molar-refractivity contribution in [1.82, 2.24) is 9.97 Å². The van der Waals surface area contributed by atoms with Gasteiger partial charge in [-0.05, 0) is 24.3 Å². The lowest BCUT2D eigenvalue weighted by molar-refractivity contribution is 0.178. The van der Waals surface area contributed by atoms with Gasteiger partial charge in [0.1, 0.15) is 23.7 Å². The van der Waals surface area contributed by atoms with Crippen LogP contribution in [0, 0.1) is 0 Å². The third kappa shape index (κ3) is 2.84. The molecule has 0 aliphatic carbocycles. The van der Waals surface area contributed by atoms with Crippen LogP contribution in [0.5, 0.6) is 0 Å². The second-order valence-corrected chi connectivity index (χ2v) is 4.97. The van der Waals surface area contributed by atoms with Crippen molar-refractivity contribution in [1.29, 1.82) is 0 Å². The normalized spacial score (nSPS) is 11.0. The fourth-order valence-electron chi connectivity index (χ4n) is 2.09. The Morgan fingerprint density at radius 3 is 2.86 bits per heavy atom. The van der Waals surface area contributed by atoms with E-state index in [0.717, 1.165) is 11.0 Å². The third-order valence-electron chi connectivity index (χ3n) is 3.03. The van der Waals surface area contributed by atoms with Crippen molar-refractivity contribution < 1.29 is 9.15 Å².